The van der Waals surface area contributed by atoms with Crippen molar-refractivity contribution in [2.24, 2.45) is 11.1 Å². The van der Waals surface area contributed by atoms with Crippen LogP contribution in [0.3, 0.4) is 0 Å². The minimum atomic E-state index is -1.49. The third-order valence-corrected chi connectivity index (χ3v) is 2.73. The van der Waals surface area contributed by atoms with Gasteiger partial charge >= 0.3 is 0 Å². The van der Waals surface area contributed by atoms with Crippen molar-refractivity contribution < 1.29 is 18.5 Å². The van der Waals surface area contributed by atoms with Crippen molar-refractivity contribution in [3.05, 3.63) is 33.9 Å². The molecule has 6 nitrogen and oxygen atoms in total. The standard InChI is InChI=1S/C12H15F2N3O3/c1-12(2,3)10(15)11(18)16-9-7(17(19)20)5-4-6(13)8(9)14/h4-5,10H,15H2,1-3H3,(H,16,18)/t10-/m1/s1. The van der Waals surface area contributed by atoms with Crippen LogP contribution in [0.1, 0.15) is 20.8 Å². The van der Waals surface area contributed by atoms with Gasteiger partial charge in [-0.1, -0.05) is 20.8 Å². The lowest BCUT2D eigenvalue weighted by molar-refractivity contribution is -0.384. The number of anilines is 1. The number of nitrogens with zero attached hydrogens (tertiary/aromatic N) is 1. The predicted octanol–water partition coefficient (Wildman–Crippen LogP) is 2.18. The zero-order valence-electron chi connectivity index (χ0n) is 11.2. The number of nitro groups is 1. The molecule has 0 heterocycles. The summed E-state index contributed by atoms with van der Waals surface area (Å²) in [6, 6.07) is 0.355. The summed E-state index contributed by atoms with van der Waals surface area (Å²) in [6.07, 6.45) is 0. The molecule has 0 unspecified atom stereocenters. The minimum Gasteiger partial charge on any atom is -0.319 e. The van der Waals surface area contributed by atoms with Gasteiger partial charge in [-0.05, 0) is 11.5 Å². The molecule has 1 aromatic rings. The van der Waals surface area contributed by atoms with Gasteiger partial charge in [0.1, 0.15) is 0 Å². The van der Waals surface area contributed by atoms with Gasteiger partial charge in [0.25, 0.3) is 5.69 Å². The maximum atomic E-state index is 13.6. The van der Waals surface area contributed by atoms with Gasteiger partial charge in [-0.25, -0.2) is 8.78 Å². The lowest BCUT2D eigenvalue weighted by atomic mass is 9.87. The molecule has 20 heavy (non-hydrogen) atoms. The molecule has 0 saturated carbocycles. The van der Waals surface area contributed by atoms with Gasteiger partial charge in [-0.15, -0.1) is 0 Å². The molecule has 1 amide bonds. The first-order valence-corrected chi connectivity index (χ1v) is 5.74. The van der Waals surface area contributed by atoms with Crippen molar-refractivity contribution in [3.8, 4) is 0 Å². The van der Waals surface area contributed by atoms with Crippen molar-refractivity contribution >= 4 is 17.3 Å². The molecule has 0 fully saturated rings. The van der Waals surface area contributed by atoms with Gasteiger partial charge < -0.3 is 11.1 Å². The number of halogens is 2. The second-order valence-electron chi connectivity index (χ2n) is 5.35. The van der Waals surface area contributed by atoms with Crippen molar-refractivity contribution in [2.75, 3.05) is 5.32 Å². The highest BCUT2D eigenvalue weighted by molar-refractivity contribution is 5.97. The van der Waals surface area contributed by atoms with E-state index in [-0.39, 0.29) is 0 Å². The summed E-state index contributed by atoms with van der Waals surface area (Å²) in [5.74, 6) is -3.62. The zero-order chi connectivity index (χ0) is 15.7. The summed E-state index contributed by atoms with van der Waals surface area (Å²) >= 11 is 0. The Morgan fingerprint density at radius 3 is 2.40 bits per heavy atom. The first-order valence-electron chi connectivity index (χ1n) is 5.74. The number of carbonyl (C=O) groups is 1. The Balaban J connectivity index is 3.18. The number of carbonyl (C=O) groups excluding carboxylic acids is 1. The molecule has 0 saturated heterocycles. The van der Waals surface area contributed by atoms with E-state index >= 15 is 0 Å². The number of rotatable bonds is 3. The van der Waals surface area contributed by atoms with Crippen LogP contribution in [0.4, 0.5) is 20.2 Å². The van der Waals surface area contributed by atoms with Crippen LogP contribution >= 0.6 is 0 Å². The third kappa shape index (κ3) is 3.27. The van der Waals surface area contributed by atoms with E-state index in [1.54, 1.807) is 20.8 Å². The van der Waals surface area contributed by atoms with Crippen LogP contribution in [-0.4, -0.2) is 16.9 Å². The van der Waals surface area contributed by atoms with E-state index in [0.29, 0.717) is 6.07 Å². The van der Waals surface area contributed by atoms with Crippen LogP contribution in [0.15, 0.2) is 12.1 Å². The highest BCUT2D eigenvalue weighted by atomic mass is 19.2. The molecule has 0 aliphatic carbocycles. The second kappa shape index (κ2) is 5.49. The summed E-state index contributed by atoms with van der Waals surface area (Å²) < 4.78 is 26.7. The Hall–Kier alpha value is -2.09. The number of nitrogens with one attached hydrogen (secondary N) is 1. The molecule has 0 aliphatic rings. The Kier molecular flexibility index (Phi) is 4.39. The quantitative estimate of drug-likeness (QED) is 0.657. The van der Waals surface area contributed by atoms with E-state index in [0.717, 1.165) is 6.07 Å². The van der Waals surface area contributed by atoms with E-state index in [2.05, 4.69) is 0 Å². The molecule has 0 aromatic heterocycles. The van der Waals surface area contributed by atoms with Crippen LogP contribution in [-0.2, 0) is 4.79 Å². The fourth-order valence-electron chi connectivity index (χ4n) is 1.41. The summed E-state index contributed by atoms with van der Waals surface area (Å²) in [7, 11) is 0. The first kappa shape index (κ1) is 16.0. The SMILES string of the molecule is CC(C)(C)[C@H](N)C(=O)Nc1c([N+](=O)[O-])ccc(F)c1F. The molecule has 0 radical (unpaired) electrons. The third-order valence-electron chi connectivity index (χ3n) is 2.73. The highest BCUT2D eigenvalue weighted by Crippen LogP contribution is 2.30. The molecule has 1 aromatic carbocycles. The van der Waals surface area contributed by atoms with E-state index < -0.39 is 45.3 Å². The van der Waals surface area contributed by atoms with Crippen LogP contribution < -0.4 is 11.1 Å². The Morgan fingerprint density at radius 2 is 1.95 bits per heavy atom. The predicted molar refractivity (Wildman–Crippen MR) is 69.1 cm³/mol. The van der Waals surface area contributed by atoms with Crippen molar-refractivity contribution in [1.82, 2.24) is 0 Å². The van der Waals surface area contributed by atoms with Gasteiger partial charge in [0, 0.05) is 6.07 Å². The van der Waals surface area contributed by atoms with Crippen LogP contribution in [0.5, 0.6) is 0 Å². The van der Waals surface area contributed by atoms with Crippen LogP contribution in [0, 0.1) is 27.2 Å². The lowest BCUT2D eigenvalue weighted by Gasteiger charge is -2.25. The fraction of sp³-hybridized carbons (Fsp3) is 0.417. The van der Waals surface area contributed by atoms with Crippen LogP contribution in [0.25, 0.3) is 0 Å². The van der Waals surface area contributed by atoms with Gasteiger partial charge in [0.05, 0.1) is 11.0 Å². The molecule has 8 heteroatoms. The molecule has 0 spiro atoms. The molecular weight excluding hydrogens is 272 g/mol. The van der Waals surface area contributed by atoms with E-state index in [1.807, 2.05) is 5.32 Å². The normalized spacial score (nSPS) is 12.9. The van der Waals surface area contributed by atoms with E-state index in [9.17, 15) is 23.7 Å². The molecule has 1 rings (SSSR count). The smallest absolute Gasteiger partial charge is 0.296 e. The summed E-state index contributed by atoms with van der Waals surface area (Å²) in [6.45, 7) is 5.02. The second-order valence-corrected chi connectivity index (χ2v) is 5.35. The van der Waals surface area contributed by atoms with Crippen molar-refractivity contribution in [2.45, 2.75) is 26.8 Å². The number of hydrogen-bond donors (Lipinski definition) is 2. The maximum Gasteiger partial charge on any atom is 0.296 e. The maximum absolute atomic E-state index is 13.6. The van der Waals surface area contributed by atoms with Crippen molar-refractivity contribution in [3.63, 3.8) is 0 Å². The number of nitrogens with two attached hydrogens (primary N) is 1. The minimum absolute atomic E-state index is 0.618. The van der Waals surface area contributed by atoms with Crippen molar-refractivity contribution in [1.29, 1.82) is 0 Å². The van der Waals surface area contributed by atoms with Gasteiger partial charge in [-0.3, -0.25) is 14.9 Å². The molecule has 0 bridgehead atoms. The highest BCUT2D eigenvalue weighted by Gasteiger charge is 2.30. The molecular formula is C12H15F2N3O3. The molecule has 3 N–H and O–H groups in total. The summed E-state index contributed by atoms with van der Waals surface area (Å²) in [5.41, 5.74) is 3.46. The Bertz CT molecular complexity index is 556. The molecule has 110 valence electrons. The van der Waals surface area contributed by atoms with E-state index in [1.165, 1.54) is 0 Å². The summed E-state index contributed by atoms with van der Waals surface area (Å²) in [4.78, 5) is 21.7. The largest absolute Gasteiger partial charge is 0.319 e. The first-order chi connectivity index (χ1) is 9.05. The Labute approximate surface area is 114 Å². The lowest BCUT2D eigenvalue weighted by Crippen LogP contribution is -2.45. The average Bonchev–Trinajstić information content (AvgIpc) is 2.32. The van der Waals surface area contributed by atoms with Gasteiger partial charge in [0.2, 0.25) is 5.91 Å². The molecule has 1 atom stereocenters. The monoisotopic (exact) mass is 287 g/mol. The number of benzene rings is 1. The van der Waals surface area contributed by atoms with Gasteiger partial charge in [0.15, 0.2) is 17.3 Å². The van der Waals surface area contributed by atoms with Crippen LogP contribution in [0.2, 0.25) is 0 Å². The van der Waals surface area contributed by atoms with E-state index in [4.69, 9.17) is 5.73 Å². The Morgan fingerprint density at radius 1 is 1.40 bits per heavy atom. The number of nitro benzene ring substituents is 1. The topological polar surface area (TPSA) is 98.3 Å². The number of amides is 1. The number of hydrogen-bond acceptors (Lipinski definition) is 4. The fourth-order valence-corrected chi connectivity index (χ4v) is 1.41. The molecule has 0 aliphatic heterocycles. The summed E-state index contributed by atoms with van der Waals surface area (Å²) in [5, 5.41) is 12.8. The zero-order valence-corrected chi connectivity index (χ0v) is 11.2. The average molecular weight is 287 g/mol. The van der Waals surface area contributed by atoms with Gasteiger partial charge in [-0.2, -0.15) is 0 Å².